The van der Waals surface area contributed by atoms with Crippen LogP contribution >= 0.6 is 23.2 Å². The maximum absolute atomic E-state index is 12.8. The van der Waals surface area contributed by atoms with Gasteiger partial charge in [-0.3, -0.25) is 9.59 Å². The largest absolute Gasteiger partial charge is 0.421 e. The quantitative estimate of drug-likeness (QED) is 0.0498. The van der Waals surface area contributed by atoms with E-state index in [0.717, 1.165) is 22.3 Å². The predicted octanol–water partition coefficient (Wildman–Crippen LogP) is 10.4. The highest BCUT2D eigenvalue weighted by Crippen LogP contribution is 2.34. The Labute approximate surface area is 314 Å². The normalized spacial score (nSPS) is 13.2. The van der Waals surface area contributed by atoms with Crippen molar-refractivity contribution in [3.05, 3.63) is 133 Å². The zero-order valence-corrected chi connectivity index (χ0v) is 30.5. The standard InChI is InChI=1S/C42H40Cl2O8/c1-3-41(51-39(45)26-28-43,47-35-22-18-33(19-23-35)31-12-7-5-8-13-31)49-37-16-11-17-38(30-37)50-42(4-2,52-40(46)27-29-44)48-36-24-20-34(21-25-36)32-14-9-6-10-15-32/h5-25,30H,3-4,26-29H2,1-2H3. The summed E-state index contributed by atoms with van der Waals surface area (Å²) in [5, 5.41) is 0. The lowest BCUT2D eigenvalue weighted by Gasteiger charge is -2.33. The van der Waals surface area contributed by atoms with Crippen molar-refractivity contribution in [3.63, 3.8) is 0 Å². The molecule has 0 saturated heterocycles. The number of esters is 2. The molecule has 0 N–H and O–H groups in total. The summed E-state index contributed by atoms with van der Waals surface area (Å²) in [7, 11) is 0. The van der Waals surface area contributed by atoms with Crippen molar-refractivity contribution in [2.75, 3.05) is 11.8 Å². The molecule has 0 aliphatic carbocycles. The van der Waals surface area contributed by atoms with E-state index in [9.17, 15) is 9.59 Å². The number of carbonyl (C=O) groups is 2. The molecule has 270 valence electrons. The van der Waals surface area contributed by atoms with Crippen LogP contribution in [0.15, 0.2) is 133 Å². The first-order valence-corrected chi connectivity index (χ1v) is 18.1. The Bertz CT molecular complexity index is 1740. The maximum Gasteiger partial charge on any atom is 0.418 e. The van der Waals surface area contributed by atoms with E-state index >= 15 is 0 Å². The number of carbonyl (C=O) groups excluding carboxylic acids is 2. The zero-order chi connectivity index (χ0) is 36.8. The van der Waals surface area contributed by atoms with Gasteiger partial charge in [0.05, 0.1) is 25.7 Å². The first kappa shape index (κ1) is 38.1. The van der Waals surface area contributed by atoms with E-state index in [-0.39, 0.29) is 48.9 Å². The Balaban J connectivity index is 1.40. The van der Waals surface area contributed by atoms with Crippen molar-refractivity contribution < 1.29 is 38.0 Å². The number of rotatable bonds is 18. The van der Waals surface area contributed by atoms with Crippen LogP contribution in [-0.2, 0) is 19.1 Å². The molecule has 0 heterocycles. The first-order chi connectivity index (χ1) is 25.3. The summed E-state index contributed by atoms with van der Waals surface area (Å²) in [5.41, 5.74) is 4.06. The smallest absolute Gasteiger partial charge is 0.418 e. The minimum Gasteiger partial charge on any atom is -0.421 e. The van der Waals surface area contributed by atoms with Gasteiger partial charge in [0.25, 0.3) is 0 Å². The molecule has 52 heavy (non-hydrogen) atoms. The van der Waals surface area contributed by atoms with Gasteiger partial charge in [0.1, 0.15) is 23.0 Å². The van der Waals surface area contributed by atoms with Crippen molar-refractivity contribution in [2.24, 2.45) is 0 Å². The average Bonchev–Trinajstić information content (AvgIpc) is 3.16. The second-order valence-electron chi connectivity index (χ2n) is 11.6. The monoisotopic (exact) mass is 742 g/mol. The zero-order valence-electron chi connectivity index (χ0n) is 29.0. The van der Waals surface area contributed by atoms with Gasteiger partial charge < -0.3 is 28.4 Å². The molecule has 2 unspecified atom stereocenters. The molecule has 0 aromatic heterocycles. The summed E-state index contributed by atoms with van der Waals surface area (Å²) in [6.07, 6.45) is 0.123. The second kappa shape index (κ2) is 18.4. The highest BCUT2D eigenvalue weighted by molar-refractivity contribution is 6.19. The first-order valence-electron chi connectivity index (χ1n) is 17.0. The Hall–Kier alpha value is -5.18. The van der Waals surface area contributed by atoms with E-state index in [1.165, 1.54) is 0 Å². The molecule has 0 fully saturated rings. The average molecular weight is 744 g/mol. The third-order valence-electron chi connectivity index (χ3n) is 7.82. The van der Waals surface area contributed by atoms with E-state index in [4.69, 9.17) is 51.6 Å². The Morgan fingerprint density at radius 3 is 1.15 bits per heavy atom. The number of hydrogen-bond donors (Lipinski definition) is 0. The number of hydrogen-bond acceptors (Lipinski definition) is 8. The fourth-order valence-corrected chi connectivity index (χ4v) is 5.48. The van der Waals surface area contributed by atoms with Crippen LogP contribution in [0, 0.1) is 0 Å². The minimum atomic E-state index is -1.86. The van der Waals surface area contributed by atoms with Crippen LogP contribution in [0.4, 0.5) is 0 Å². The lowest BCUT2D eigenvalue weighted by atomic mass is 10.1. The van der Waals surface area contributed by atoms with E-state index in [0.29, 0.717) is 11.5 Å². The highest BCUT2D eigenvalue weighted by atomic mass is 35.5. The van der Waals surface area contributed by atoms with Gasteiger partial charge in [0.15, 0.2) is 0 Å². The summed E-state index contributed by atoms with van der Waals surface area (Å²) in [6, 6.07) is 41.1. The van der Waals surface area contributed by atoms with Crippen molar-refractivity contribution >= 4 is 35.1 Å². The lowest BCUT2D eigenvalue weighted by molar-refractivity contribution is -0.288. The molecular weight excluding hydrogens is 703 g/mol. The van der Waals surface area contributed by atoms with Gasteiger partial charge in [0, 0.05) is 17.8 Å². The van der Waals surface area contributed by atoms with Crippen molar-refractivity contribution in [3.8, 4) is 45.3 Å². The molecule has 0 amide bonds. The fraction of sp³-hybridized carbons (Fsp3) is 0.238. The molecule has 0 aliphatic heterocycles. The number of alkyl halides is 2. The van der Waals surface area contributed by atoms with Crippen molar-refractivity contribution in [2.45, 2.75) is 51.5 Å². The Morgan fingerprint density at radius 1 is 0.462 bits per heavy atom. The van der Waals surface area contributed by atoms with Crippen LogP contribution in [0.2, 0.25) is 0 Å². The molecule has 5 aromatic rings. The summed E-state index contributed by atoms with van der Waals surface area (Å²) in [4.78, 5) is 25.6. The molecule has 0 bridgehead atoms. The molecule has 8 nitrogen and oxygen atoms in total. The predicted molar refractivity (Wildman–Crippen MR) is 202 cm³/mol. The molecule has 5 rings (SSSR count). The van der Waals surface area contributed by atoms with Crippen LogP contribution in [0.25, 0.3) is 22.3 Å². The molecule has 2 atom stereocenters. The summed E-state index contributed by atoms with van der Waals surface area (Å²) in [6.45, 7) is 3.53. The van der Waals surface area contributed by atoms with Crippen molar-refractivity contribution in [1.29, 1.82) is 0 Å². The third kappa shape index (κ3) is 10.4. The Morgan fingerprint density at radius 2 is 0.808 bits per heavy atom. The number of benzene rings is 5. The van der Waals surface area contributed by atoms with Crippen molar-refractivity contribution in [1.82, 2.24) is 0 Å². The van der Waals surface area contributed by atoms with Crippen LogP contribution in [0.1, 0.15) is 39.5 Å². The van der Waals surface area contributed by atoms with Crippen LogP contribution < -0.4 is 18.9 Å². The molecule has 0 radical (unpaired) electrons. The van der Waals surface area contributed by atoms with Crippen LogP contribution in [0.5, 0.6) is 23.0 Å². The van der Waals surface area contributed by atoms with Crippen LogP contribution in [-0.4, -0.2) is 35.6 Å². The number of halogens is 2. The van der Waals surface area contributed by atoms with Gasteiger partial charge in [-0.2, -0.15) is 0 Å². The van der Waals surface area contributed by atoms with Crippen LogP contribution in [0.3, 0.4) is 0 Å². The topological polar surface area (TPSA) is 89.5 Å². The molecule has 0 saturated carbocycles. The molecule has 5 aromatic carbocycles. The molecular formula is C42H40Cl2O8. The second-order valence-corrected chi connectivity index (χ2v) is 12.3. The van der Waals surface area contributed by atoms with Gasteiger partial charge in [-0.1, -0.05) is 105 Å². The fourth-order valence-electron chi connectivity index (χ4n) is 5.17. The maximum atomic E-state index is 12.8. The van der Waals surface area contributed by atoms with E-state index in [1.807, 2.05) is 84.9 Å². The van der Waals surface area contributed by atoms with Gasteiger partial charge in [-0.25, -0.2) is 0 Å². The summed E-state index contributed by atoms with van der Waals surface area (Å²) in [5.74, 6) is -3.50. The Kier molecular flexibility index (Phi) is 13.4. The lowest BCUT2D eigenvalue weighted by Crippen LogP contribution is -2.47. The van der Waals surface area contributed by atoms with E-state index < -0.39 is 23.9 Å². The minimum absolute atomic E-state index is 0.0531. The molecule has 0 spiro atoms. The van der Waals surface area contributed by atoms with Gasteiger partial charge in [-0.15, -0.1) is 23.2 Å². The summed E-state index contributed by atoms with van der Waals surface area (Å²) < 4.78 is 36.8. The SMILES string of the molecule is CCC(OC(=O)CCCl)(Oc1ccc(-c2ccccc2)cc1)Oc1cccc(OC(CC)(OC(=O)CCCl)Oc2ccc(-c3ccccc3)cc2)c1. The van der Waals surface area contributed by atoms with Gasteiger partial charge >= 0.3 is 23.9 Å². The molecule has 10 heteroatoms. The van der Waals surface area contributed by atoms with Gasteiger partial charge in [0.2, 0.25) is 0 Å². The number of ether oxygens (including phenoxy) is 6. The van der Waals surface area contributed by atoms with Gasteiger partial charge in [-0.05, 0) is 58.7 Å². The van der Waals surface area contributed by atoms with E-state index in [2.05, 4.69) is 0 Å². The highest BCUT2D eigenvalue weighted by Gasteiger charge is 2.41. The molecule has 0 aliphatic rings. The summed E-state index contributed by atoms with van der Waals surface area (Å²) >= 11 is 11.7. The third-order valence-corrected chi connectivity index (χ3v) is 8.20. The van der Waals surface area contributed by atoms with E-state index in [1.54, 1.807) is 62.4 Å².